The highest BCUT2D eigenvalue weighted by atomic mass is 16.3. The Morgan fingerprint density at radius 3 is 2.50 bits per heavy atom. The molecule has 0 amide bonds. The van der Waals surface area contributed by atoms with E-state index in [1.807, 2.05) is 13.8 Å². The molecule has 0 heterocycles. The minimum Gasteiger partial charge on any atom is -0.389 e. The fourth-order valence-corrected chi connectivity index (χ4v) is 3.51. The molecule has 1 rings (SSSR count). The Morgan fingerprint density at radius 1 is 1.33 bits per heavy atom. The van der Waals surface area contributed by atoms with Gasteiger partial charge in [-0.05, 0) is 52.1 Å². The molecule has 0 spiro atoms. The summed E-state index contributed by atoms with van der Waals surface area (Å²) in [6.07, 6.45) is 6.46. The normalized spacial score (nSPS) is 29.8. The highest BCUT2D eigenvalue weighted by Gasteiger charge is 2.33. The van der Waals surface area contributed by atoms with Crippen LogP contribution in [-0.2, 0) is 0 Å². The maximum atomic E-state index is 9.97. The second-order valence-corrected chi connectivity index (χ2v) is 6.76. The molecule has 0 aliphatic heterocycles. The summed E-state index contributed by atoms with van der Waals surface area (Å²) >= 11 is 0. The summed E-state index contributed by atoms with van der Waals surface area (Å²) in [6, 6.07) is 0.548. The summed E-state index contributed by atoms with van der Waals surface area (Å²) in [5.41, 5.74) is 5.31. The third-order valence-electron chi connectivity index (χ3n) is 4.27. The molecule has 0 bridgehead atoms. The van der Waals surface area contributed by atoms with Gasteiger partial charge in [-0.1, -0.05) is 26.2 Å². The smallest absolute Gasteiger partial charge is 0.0718 e. The van der Waals surface area contributed by atoms with Crippen molar-refractivity contribution in [2.24, 2.45) is 17.6 Å². The first-order chi connectivity index (χ1) is 8.37. The third kappa shape index (κ3) is 4.87. The molecular weight excluding hydrogens is 224 g/mol. The standard InChI is InChI=1S/C15H32N2O/c1-5-6-12-7-8-13(10-16)14(9-12)17(4)11-15(2,3)18/h12-14,18H,5-11,16H2,1-4H3. The molecule has 0 aromatic rings. The molecule has 3 unspecified atom stereocenters. The van der Waals surface area contributed by atoms with E-state index in [4.69, 9.17) is 5.73 Å². The Bertz CT molecular complexity index is 237. The molecule has 3 heteroatoms. The van der Waals surface area contributed by atoms with E-state index >= 15 is 0 Å². The first-order valence-corrected chi connectivity index (χ1v) is 7.50. The van der Waals surface area contributed by atoms with Gasteiger partial charge in [0.1, 0.15) is 0 Å². The van der Waals surface area contributed by atoms with Crippen molar-refractivity contribution in [3.05, 3.63) is 0 Å². The zero-order chi connectivity index (χ0) is 13.8. The summed E-state index contributed by atoms with van der Waals surface area (Å²) in [6.45, 7) is 7.54. The molecular formula is C15H32N2O. The number of rotatable bonds is 6. The zero-order valence-electron chi connectivity index (χ0n) is 12.7. The second-order valence-electron chi connectivity index (χ2n) is 6.76. The predicted octanol–water partition coefficient (Wildman–Crippen LogP) is 2.23. The SMILES string of the molecule is CCCC1CCC(CN)C(N(C)CC(C)(C)O)C1. The average Bonchev–Trinajstić information content (AvgIpc) is 2.27. The maximum Gasteiger partial charge on any atom is 0.0718 e. The Hall–Kier alpha value is -0.120. The molecule has 3 atom stereocenters. The summed E-state index contributed by atoms with van der Waals surface area (Å²) < 4.78 is 0. The maximum absolute atomic E-state index is 9.97. The van der Waals surface area contributed by atoms with Crippen molar-refractivity contribution in [1.82, 2.24) is 4.90 Å². The molecule has 1 aliphatic carbocycles. The van der Waals surface area contributed by atoms with Crippen molar-refractivity contribution in [2.45, 2.75) is 64.5 Å². The number of likely N-dealkylation sites (N-methyl/N-ethyl adjacent to an activating group) is 1. The van der Waals surface area contributed by atoms with E-state index in [1.54, 1.807) is 0 Å². The van der Waals surface area contributed by atoms with Crippen LogP contribution in [0.2, 0.25) is 0 Å². The third-order valence-corrected chi connectivity index (χ3v) is 4.27. The number of hydrogen-bond donors (Lipinski definition) is 2. The van der Waals surface area contributed by atoms with Crippen LogP contribution < -0.4 is 5.73 Å². The summed E-state index contributed by atoms with van der Waals surface area (Å²) in [5.74, 6) is 1.46. The van der Waals surface area contributed by atoms with E-state index in [-0.39, 0.29) is 0 Å². The van der Waals surface area contributed by atoms with Gasteiger partial charge in [0.15, 0.2) is 0 Å². The molecule has 0 aromatic heterocycles. The van der Waals surface area contributed by atoms with Crippen LogP contribution >= 0.6 is 0 Å². The van der Waals surface area contributed by atoms with E-state index < -0.39 is 5.60 Å². The Morgan fingerprint density at radius 2 is 2.00 bits per heavy atom. The molecule has 1 saturated carbocycles. The van der Waals surface area contributed by atoms with Gasteiger partial charge >= 0.3 is 0 Å². The lowest BCUT2D eigenvalue weighted by Crippen LogP contribution is -2.49. The van der Waals surface area contributed by atoms with E-state index in [0.29, 0.717) is 12.0 Å². The molecule has 18 heavy (non-hydrogen) atoms. The number of aliphatic hydroxyl groups is 1. The number of hydrogen-bond acceptors (Lipinski definition) is 3. The van der Waals surface area contributed by atoms with E-state index in [2.05, 4.69) is 18.9 Å². The number of nitrogens with zero attached hydrogens (tertiary/aromatic N) is 1. The monoisotopic (exact) mass is 256 g/mol. The van der Waals surface area contributed by atoms with Gasteiger partial charge in [-0.15, -0.1) is 0 Å². The lowest BCUT2D eigenvalue weighted by molar-refractivity contribution is 0.00662. The first-order valence-electron chi connectivity index (χ1n) is 7.50. The van der Waals surface area contributed by atoms with Gasteiger partial charge in [0.25, 0.3) is 0 Å². The fraction of sp³-hybridized carbons (Fsp3) is 1.00. The van der Waals surface area contributed by atoms with Crippen LogP contribution in [-0.4, -0.2) is 41.8 Å². The lowest BCUT2D eigenvalue weighted by atomic mass is 9.76. The van der Waals surface area contributed by atoms with E-state index in [1.165, 1.54) is 32.1 Å². The minimum absolute atomic E-state index is 0.548. The molecule has 0 saturated heterocycles. The second kappa shape index (κ2) is 6.88. The quantitative estimate of drug-likeness (QED) is 0.766. The Balaban J connectivity index is 2.61. The van der Waals surface area contributed by atoms with Crippen molar-refractivity contribution in [3.8, 4) is 0 Å². The van der Waals surface area contributed by atoms with Gasteiger partial charge in [-0.2, -0.15) is 0 Å². The molecule has 3 nitrogen and oxygen atoms in total. The highest BCUT2D eigenvalue weighted by Crippen LogP contribution is 2.34. The van der Waals surface area contributed by atoms with Gasteiger partial charge in [0.2, 0.25) is 0 Å². The Kier molecular flexibility index (Phi) is 6.09. The first kappa shape index (κ1) is 15.9. The molecule has 108 valence electrons. The molecule has 0 aromatic carbocycles. The van der Waals surface area contributed by atoms with Crippen LogP contribution in [0.5, 0.6) is 0 Å². The highest BCUT2D eigenvalue weighted by molar-refractivity contribution is 4.88. The minimum atomic E-state index is -0.619. The molecule has 1 fully saturated rings. The topological polar surface area (TPSA) is 49.5 Å². The van der Waals surface area contributed by atoms with Gasteiger partial charge < -0.3 is 15.7 Å². The molecule has 0 radical (unpaired) electrons. The van der Waals surface area contributed by atoms with Gasteiger partial charge in [-0.3, -0.25) is 0 Å². The van der Waals surface area contributed by atoms with Crippen molar-refractivity contribution < 1.29 is 5.11 Å². The van der Waals surface area contributed by atoms with Gasteiger partial charge in [0, 0.05) is 12.6 Å². The molecule has 3 N–H and O–H groups in total. The van der Waals surface area contributed by atoms with Gasteiger partial charge in [-0.25, -0.2) is 0 Å². The van der Waals surface area contributed by atoms with Crippen molar-refractivity contribution >= 4 is 0 Å². The lowest BCUT2D eigenvalue weighted by Gasteiger charge is -2.42. The Labute approximate surface area is 113 Å². The van der Waals surface area contributed by atoms with Crippen LogP contribution in [0.15, 0.2) is 0 Å². The van der Waals surface area contributed by atoms with Crippen LogP contribution in [0.25, 0.3) is 0 Å². The fourth-order valence-electron chi connectivity index (χ4n) is 3.51. The average molecular weight is 256 g/mol. The summed E-state index contributed by atoms with van der Waals surface area (Å²) in [7, 11) is 2.14. The van der Waals surface area contributed by atoms with Gasteiger partial charge in [0.05, 0.1) is 5.60 Å². The van der Waals surface area contributed by atoms with Crippen LogP contribution in [0.3, 0.4) is 0 Å². The van der Waals surface area contributed by atoms with Crippen LogP contribution in [0.4, 0.5) is 0 Å². The van der Waals surface area contributed by atoms with E-state index in [0.717, 1.165) is 19.0 Å². The molecule has 1 aliphatic rings. The summed E-state index contributed by atoms with van der Waals surface area (Å²) in [4.78, 5) is 2.33. The zero-order valence-corrected chi connectivity index (χ0v) is 12.7. The number of nitrogens with two attached hydrogens (primary N) is 1. The largest absolute Gasteiger partial charge is 0.389 e. The van der Waals surface area contributed by atoms with Crippen molar-refractivity contribution in [2.75, 3.05) is 20.1 Å². The predicted molar refractivity (Wildman–Crippen MR) is 77.5 cm³/mol. The summed E-state index contributed by atoms with van der Waals surface area (Å²) in [5, 5.41) is 9.97. The van der Waals surface area contributed by atoms with E-state index in [9.17, 15) is 5.11 Å². The van der Waals surface area contributed by atoms with Crippen molar-refractivity contribution in [1.29, 1.82) is 0 Å². The van der Waals surface area contributed by atoms with Crippen LogP contribution in [0, 0.1) is 11.8 Å². The van der Waals surface area contributed by atoms with Crippen LogP contribution in [0.1, 0.15) is 52.9 Å². The van der Waals surface area contributed by atoms with Crippen molar-refractivity contribution in [3.63, 3.8) is 0 Å².